The lowest BCUT2D eigenvalue weighted by molar-refractivity contribution is 0.106. The fraction of sp³-hybridized carbons (Fsp3) is 0.706. The Bertz CT molecular complexity index is 438. The largest absolute Gasteiger partial charge is 0.391 e. The number of aliphatic hydroxyl groups is 1. The molecule has 21 heavy (non-hydrogen) atoms. The highest BCUT2D eigenvalue weighted by Gasteiger charge is 2.27. The molecular weight excluding hydrogens is 262 g/mol. The number of pyridine rings is 1. The fourth-order valence-electron chi connectivity index (χ4n) is 2.81. The third-order valence-electron chi connectivity index (χ3n) is 4.18. The van der Waals surface area contributed by atoms with Crippen LogP contribution in [0.4, 0.5) is 5.82 Å². The molecule has 1 aliphatic rings. The maximum Gasteiger partial charge on any atom is 0.128 e. The summed E-state index contributed by atoms with van der Waals surface area (Å²) in [5.74, 6) is 0.945. The lowest BCUT2D eigenvalue weighted by Crippen LogP contribution is -2.43. The Morgan fingerprint density at radius 2 is 2.00 bits per heavy atom. The Morgan fingerprint density at radius 1 is 1.29 bits per heavy atom. The maximum atomic E-state index is 10.1. The number of aliphatic hydroxyl groups excluding tert-OH is 1. The van der Waals surface area contributed by atoms with Crippen LogP contribution in [0.5, 0.6) is 0 Å². The van der Waals surface area contributed by atoms with Gasteiger partial charge in [0.2, 0.25) is 0 Å². The van der Waals surface area contributed by atoms with E-state index in [1.54, 1.807) is 0 Å². The van der Waals surface area contributed by atoms with E-state index in [4.69, 9.17) is 0 Å². The molecule has 1 fully saturated rings. The van der Waals surface area contributed by atoms with Gasteiger partial charge in [0.25, 0.3) is 0 Å². The molecule has 2 atom stereocenters. The number of aromatic nitrogens is 1. The molecule has 118 valence electrons. The van der Waals surface area contributed by atoms with E-state index in [0.717, 1.165) is 31.6 Å². The van der Waals surface area contributed by atoms with Gasteiger partial charge in [0.1, 0.15) is 5.82 Å². The molecule has 0 aliphatic heterocycles. The fourth-order valence-corrected chi connectivity index (χ4v) is 2.81. The predicted octanol–water partition coefficient (Wildman–Crippen LogP) is 2.71. The monoisotopic (exact) mass is 291 g/mol. The van der Waals surface area contributed by atoms with Gasteiger partial charge in [-0.05, 0) is 45.2 Å². The first kappa shape index (κ1) is 16.2. The molecule has 2 unspecified atom stereocenters. The van der Waals surface area contributed by atoms with Crippen molar-refractivity contribution >= 4 is 5.82 Å². The molecule has 0 amide bonds. The Labute approximate surface area is 128 Å². The number of likely N-dealkylation sites (N-methyl/N-ethyl adjacent to an activating group) is 1. The predicted molar refractivity (Wildman–Crippen MR) is 87.5 cm³/mol. The van der Waals surface area contributed by atoms with E-state index in [2.05, 4.69) is 48.1 Å². The van der Waals surface area contributed by atoms with E-state index >= 15 is 0 Å². The van der Waals surface area contributed by atoms with Gasteiger partial charge < -0.3 is 15.3 Å². The summed E-state index contributed by atoms with van der Waals surface area (Å²) in [4.78, 5) is 6.69. The van der Waals surface area contributed by atoms with Crippen LogP contribution in [-0.4, -0.2) is 34.8 Å². The molecular formula is C17H29N3O. The Kier molecular flexibility index (Phi) is 5.22. The second kappa shape index (κ2) is 6.75. The minimum absolute atomic E-state index is 0.113. The van der Waals surface area contributed by atoms with Crippen LogP contribution in [0, 0.1) is 0 Å². The highest BCUT2D eigenvalue weighted by atomic mass is 16.3. The summed E-state index contributed by atoms with van der Waals surface area (Å²) in [6, 6.07) is 4.37. The summed E-state index contributed by atoms with van der Waals surface area (Å²) in [5, 5.41) is 13.6. The molecule has 0 aromatic carbocycles. The molecule has 1 saturated carbocycles. The van der Waals surface area contributed by atoms with Gasteiger partial charge in [0.05, 0.1) is 12.1 Å². The van der Waals surface area contributed by atoms with Gasteiger partial charge in [-0.1, -0.05) is 18.9 Å². The number of hydrogen-bond donors (Lipinski definition) is 2. The standard InChI is InChI=1S/C17H29N3O/c1-17(2,3)19-12-13-9-10-16(18-11-13)20(4)14-7-5-6-8-15(14)21/h9-11,14-15,19,21H,5-8,12H2,1-4H3. The number of anilines is 1. The maximum absolute atomic E-state index is 10.1. The Hall–Kier alpha value is -1.13. The van der Waals surface area contributed by atoms with Crippen molar-refractivity contribution in [1.29, 1.82) is 0 Å². The van der Waals surface area contributed by atoms with Crippen molar-refractivity contribution in [3.05, 3.63) is 23.9 Å². The number of hydrogen-bond acceptors (Lipinski definition) is 4. The summed E-state index contributed by atoms with van der Waals surface area (Å²) in [7, 11) is 2.04. The van der Waals surface area contributed by atoms with Crippen molar-refractivity contribution < 1.29 is 5.11 Å². The lowest BCUT2D eigenvalue weighted by Gasteiger charge is -2.36. The van der Waals surface area contributed by atoms with E-state index < -0.39 is 0 Å². The van der Waals surface area contributed by atoms with Crippen molar-refractivity contribution in [2.75, 3.05) is 11.9 Å². The van der Waals surface area contributed by atoms with Gasteiger partial charge in [-0.15, -0.1) is 0 Å². The summed E-state index contributed by atoms with van der Waals surface area (Å²) in [6.45, 7) is 7.31. The summed E-state index contributed by atoms with van der Waals surface area (Å²) < 4.78 is 0. The first-order chi connectivity index (χ1) is 9.87. The summed E-state index contributed by atoms with van der Waals surface area (Å²) >= 11 is 0. The minimum atomic E-state index is -0.229. The Balaban J connectivity index is 1.97. The molecule has 1 aromatic rings. The number of nitrogens with one attached hydrogen (secondary N) is 1. The first-order valence-electron chi connectivity index (χ1n) is 7.98. The molecule has 1 heterocycles. The first-order valence-corrected chi connectivity index (χ1v) is 7.98. The molecule has 2 rings (SSSR count). The van der Waals surface area contributed by atoms with Crippen LogP contribution in [0.3, 0.4) is 0 Å². The van der Waals surface area contributed by atoms with Gasteiger partial charge >= 0.3 is 0 Å². The SMILES string of the molecule is CN(c1ccc(CNC(C)(C)C)cn1)C1CCCCC1O. The van der Waals surface area contributed by atoms with Crippen LogP contribution in [0.2, 0.25) is 0 Å². The van der Waals surface area contributed by atoms with Crippen LogP contribution in [0.25, 0.3) is 0 Å². The zero-order chi connectivity index (χ0) is 15.5. The third kappa shape index (κ3) is 4.68. The van der Waals surface area contributed by atoms with Gasteiger partial charge in [-0.3, -0.25) is 0 Å². The lowest BCUT2D eigenvalue weighted by atomic mass is 9.91. The molecule has 0 radical (unpaired) electrons. The molecule has 4 nitrogen and oxygen atoms in total. The van der Waals surface area contributed by atoms with Crippen molar-refractivity contribution in [1.82, 2.24) is 10.3 Å². The molecule has 0 spiro atoms. The van der Waals surface area contributed by atoms with Gasteiger partial charge in [-0.2, -0.15) is 0 Å². The number of nitrogens with zero attached hydrogens (tertiary/aromatic N) is 2. The highest BCUT2D eigenvalue weighted by Crippen LogP contribution is 2.25. The molecule has 0 saturated heterocycles. The normalized spacial score (nSPS) is 23.1. The van der Waals surface area contributed by atoms with E-state index in [-0.39, 0.29) is 17.7 Å². The topological polar surface area (TPSA) is 48.4 Å². The van der Waals surface area contributed by atoms with E-state index in [9.17, 15) is 5.11 Å². The summed E-state index contributed by atoms with van der Waals surface area (Å²) in [6.07, 6.45) is 5.98. The molecule has 0 bridgehead atoms. The quantitative estimate of drug-likeness (QED) is 0.895. The van der Waals surface area contributed by atoms with Gasteiger partial charge in [-0.25, -0.2) is 4.98 Å². The van der Waals surface area contributed by atoms with Crippen LogP contribution >= 0.6 is 0 Å². The second-order valence-electron chi connectivity index (χ2n) is 7.16. The number of rotatable bonds is 4. The molecule has 1 aliphatic carbocycles. The van der Waals surface area contributed by atoms with Crippen molar-refractivity contribution in [3.63, 3.8) is 0 Å². The van der Waals surface area contributed by atoms with E-state index in [1.807, 2.05) is 13.2 Å². The zero-order valence-electron chi connectivity index (χ0n) is 13.8. The second-order valence-corrected chi connectivity index (χ2v) is 7.16. The Morgan fingerprint density at radius 3 is 2.57 bits per heavy atom. The van der Waals surface area contributed by atoms with Crippen molar-refractivity contribution in [2.24, 2.45) is 0 Å². The smallest absolute Gasteiger partial charge is 0.128 e. The van der Waals surface area contributed by atoms with Crippen LogP contribution < -0.4 is 10.2 Å². The highest BCUT2D eigenvalue weighted by molar-refractivity contribution is 5.40. The zero-order valence-corrected chi connectivity index (χ0v) is 13.8. The van der Waals surface area contributed by atoms with Crippen molar-refractivity contribution in [3.8, 4) is 0 Å². The average molecular weight is 291 g/mol. The van der Waals surface area contributed by atoms with E-state index in [0.29, 0.717) is 0 Å². The van der Waals surface area contributed by atoms with Gasteiger partial charge in [0, 0.05) is 25.3 Å². The molecule has 1 aromatic heterocycles. The third-order valence-corrected chi connectivity index (χ3v) is 4.18. The molecule has 4 heteroatoms. The average Bonchev–Trinajstić information content (AvgIpc) is 2.45. The van der Waals surface area contributed by atoms with E-state index in [1.165, 1.54) is 12.0 Å². The van der Waals surface area contributed by atoms with Crippen LogP contribution in [0.15, 0.2) is 18.3 Å². The van der Waals surface area contributed by atoms with Crippen LogP contribution in [0.1, 0.15) is 52.0 Å². The summed E-state index contributed by atoms with van der Waals surface area (Å²) in [5.41, 5.74) is 1.30. The van der Waals surface area contributed by atoms with Crippen LogP contribution in [-0.2, 0) is 6.54 Å². The van der Waals surface area contributed by atoms with Gasteiger partial charge in [0.15, 0.2) is 0 Å². The van der Waals surface area contributed by atoms with Crippen molar-refractivity contribution in [2.45, 2.75) is 70.7 Å². The minimum Gasteiger partial charge on any atom is -0.391 e. The molecule has 2 N–H and O–H groups in total.